The van der Waals surface area contributed by atoms with Crippen molar-refractivity contribution in [1.29, 1.82) is 5.26 Å². The van der Waals surface area contributed by atoms with Crippen LogP contribution in [0.2, 0.25) is 0 Å². The van der Waals surface area contributed by atoms with Crippen molar-refractivity contribution in [3.8, 4) is 6.07 Å². The van der Waals surface area contributed by atoms with E-state index in [2.05, 4.69) is 43.2 Å². The summed E-state index contributed by atoms with van der Waals surface area (Å²) < 4.78 is 6.47. The molecule has 9 nitrogen and oxygen atoms in total. The molecule has 31 heavy (non-hydrogen) atoms. The summed E-state index contributed by atoms with van der Waals surface area (Å²) in [4.78, 5) is 35.1. The molecule has 10 heteroatoms. The molecule has 1 fully saturated rings. The maximum atomic E-state index is 12.0. The van der Waals surface area contributed by atoms with E-state index >= 15 is 0 Å². The van der Waals surface area contributed by atoms with Crippen molar-refractivity contribution >= 4 is 39.5 Å². The van der Waals surface area contributed by atoms with Crippen LogP contribution in [0.15, 0.2) is 27.8 Å². The second-order valence-corrected chi connectivity index (χ2v) is 8.75. The van der Waals surface area contributed by atoms with Crippen molar-refractivity contribution < 1.29 is 19.1 Å². The summed E-state index contributed by atoms with van der Waals surface area (Å²) in [6, 6.07) is 7.16. The minimum Gasteiger partial charge on any atom is -0.435 e. The Hall–Kier alpha value is -2.93. The van der Waals surface area contributed by atoms with Crippen LogP contribution < -0.4 is 16.1 Å². The number of ether oxygens (including phenoxy) is 1. The van der Waals surface area contributed by atoms with Gasteiger partial charge in [-0.15, -0.1) is 0 Å². The third kappa shape index (κ3) is 5.05. The summed E-state index contributed by atoms with van der Waals surface area (Å²) >= 11 is 3.50. The zero-order chi connectivity index (χ0) is 22.6. The van der Waals surface area contributed by atoms with Crippen molar-refractivity contribution in [2.24, 2.45) is 11.0 Å². The summed E-state index contributed by atoms with van der Waals surface area (Å²) in [5.41, 5.74) is 3.46. The number of hydrazone groups is 1. The predicted octanol–water partition coefficient (Wildman–Crippen LogP) is 2.33. The number of nitrogens with zero attached hydrogens (tertiary/aromatic N) is 2. The first-order chi connectivity index (χ1) is 14.8. The standard InChI is InChI=1S/C21H24BrN5O4/c1-12(25-19(29)18(28)24-2)9-13-5-7-21(8-6-13)17(26-27-20(30)31-21)15-4-3-14(11-23)10-16(15)22/h3-4,10,12-13H,5-9H2,1-2H3,(H,24,28)(H,25,29)(H,27,30)/t12-,13?,21?/m0/s1. The molecular weight excluding hydrogens is 466 g/mol. The van der Waals surface area contributed by atoms with Gasteiger partial charge in [-0.1, -0.05) is 22.0 Å². The monoisotopic (exact) mass is 489 g/mol. The molecule has 0 aromatic heterocycles. The number of hydrogen-bond acceptors (Lipinski definition) is 6. The molecule has 1 atom stereocenters. The van der Waals surface area contributed by atoms with Gasteiger partial charge in [0, 0.05) is 23.1 Å². The van der Waals surface area contributed by atoms with Crippen LogP contribution in [0.5, 0.6) is 0 Å². The number of halogens is 1. The zero-order valence-electron chi connectivity index (χ0n) is 17.3. The van der Waals surface area contributed by atoms with Gasteiger partial charge in [0.15, 0.2) is 5.60 Å². The lowest BCUT2D eigenvalue weighted by Gasteiger charge is -2.42. The third-order valence-electron chi connectivity index (χ3n) is 5.74. The Kier molecular flexibility index (Phi) is 6.95. The van der Waals surface area contributed by atoms with Gasteiger partial charge in [-0.05, 0) is 57.1 Å². The van der Waals surface area contributed by atoms with E-state index < -0.39 is 23.5 Å². The molecule has 3 N–H and O–H groups in total. The van der Waals surface area contributed by atoms with Crippen molar-refractivity contribution in [3.63, 3.8) is 0 Å². The molecule has 0 radical (unpaired) electrons. The van der Waals surface area contributed by atoms with Crippen LogP contribution >= 0.6 is 15.9 Å². The number of nitriles is 1. The normalized spacial score (nSPS) is 23.6. The van der Waals surface area contributed by atoms with Crippen LogP contribution in [-0.4, -0.2) is 42.3 Å². The summed E-state index contributed by atoms with van der Waals surface area (Å²) in [6.07, 6.45) is 2.87. The van der Waals surface area contributed by atoms with Gasteiger partial charge in [0.1, 0.15) is 5.71 Å². The van der Waals surface area contributed by atoms with E-state index in [1.807, 2.05) is 6.92 Å². The Labute approximate surface area is 188 Å². The van der Waals surface area contributed by atoms with Gasteiger partial charge in [0.2, 0.25) is 0 Å². The highest BCUT2D eigenvalue weighted by Gasteiger charge is 2.46. The van der Waals surface area contributed by atoms with Gasteiger partial charge >= 0.3 is 17.9 Å². The van der Waals surface area contributed by atoms with E-state index in [4.69, 9.17) is 10.00 Å². The summed E-state index contributed by atoms with van der Waals surface area (Å²) in [7, 11) is 1.42. The number of rotatable bonds is 4. The molecule has 1 aliphatic carbocycles. The average Bonchev–Trinajstić information content (AvgIpc) is 2.75. The lowest BCUT2D eigenvalue weighted by Crippen LogP contribution is -2.52. The van der Waals surface area contributed by atoms with Crippen molar-refractivity contribution in [2.45, 2.75) is 50.7 Å². The van der Waals surface area contributed by atoms with Gasteiger partial charge < -0.3 is 15.4 Å². The van der Waals surface area contributed by atoms with Gasteiger partial charge in [-0.2, -0.15) is 10.4 Å². The third-order valence-corrected chi connectivity index (χ3v) is 6.40. The van der Waals surface area contributed by atoms with Crippen molar-refractivity contribution in [2.75, 3.05) is 7.05 Å². The molecule has 0 unspecified atom stereocenters. The second kappa shape index (κ2) is 9.47. The molecular formula is C21H24BrN5O4. The van der Waals surface area contributed by atoms with Gasteiger partial charge in [0.05, 0.1) is 11.6 Å². The predicted molar refractivity (Wildman–Crippen MR) is 116 cm³/mol. The molecule has 0 bridgehead atoms. The van der Waals surface area contributed by atoms with Crippen LogP contribution in [0.4, 0.5) is 4.79 Å². The molecule has 3 rings (SSSR count). The maximum absolute atomic E-state index is 12.0. The summed E-state index contributed by atoms with van der Waals surface area (Å²) in [6.45, 7) is 1.87. The quantitative estimate of drug-likeness (QED) is 0.558. The Morgan fingerprint density at radius 1 is 1.39 bits per heavy atom. The molecule has 1 saturated carbocycles. The van der Waals surface area contributed by atoms with E-state index in [-0.39, 0.29) is 6.04 Å². The first kappa shape index (κ1) is 22.7. The fourth-order valence-electron chi connectivity index (χ4n) is 4.21. The number of nitrogens with one attached hydrogen (secondary N) is 3. The second-order valence-electron chi connectivity index (χ2n) is 7.90. The largest absolute Gasteiger partial charge is 0.435 e. The molecule has 1 spiro atoms. The summed E-state index contributed by atoms with van der Waals surface area (Å²) in [5.74, 6) is -0.996. The molecule has 2 aliphatic rings. The molecule has 1 aliphatic heterocycles. The zero-order valence-corrected chi connectivity index (χ0v) is 18.9. The van der Waals surface area contributed by atoms with Crippen molar-refractivity contribution in [1.82, 2.24) is 16.1 Å². The van der Waals surface area contributed by atoms with Gasteiger partial charge in [-0.3, -0.25) is 9.59 Å². The maximum Gasteiger partial charge on any atom is 0.428 e. The lowest BCUT2D eigenvalue weighted by atomic mass is 9.73. The highest BCUT2D eigenvalue weighted by molar-refractivity contribution is 9.10. The Morgan fingerprint density at radius 2 is 2.10 bits per heavy atom. The molecule has 1 aromatic carbocycles. The minimum absolute atomic E-state index is 0.153. The minimum atomic E-state index is -0.843. The summed E-state index contributed by atoms with van der Waals surface area (Å²) in [5, 5.41) is 18.4. The fraction of sp³-hybridized carbons (Fsp3) is 0.476. The Balaban J connectivity index is 1.71. The highest BCUT2D eigenvalue weighted by atomic mass is 79.9. The molecule has 3 amide bonds. The topological polar surface area (TPSA) is 133 Å². The molecule has 0 saturated heterocycles. The number of hydrogen-bond donors (Lipinski definition) is 3. The fourth-order valence-corrected chi connectivity index (χ4v) is 4.78. The van der Waals surface area contributed by atoms with E-state index in [0.717, 1.165) is 24.8 Å². The van der Waals surface area contributed by atoms with Crippen LogP contribution in [0.25, 0.3) is 0 Å². The van der Waals surface area contributed by atoms with Crippen LogP contribution in [0, 0.1) is 17.2 Å². The number of carbonyl (C=O) groups excluding carboxylic acids is 3. The van der Waals surface area contributed by atoms with E-state index in [1.54, 1.807) is 18.2 Å². The lowest BCUT2D eigenvalue weighted by molar-refractivity contribution is -0.139. The first-order valence-electron chi connectivity index (χ1n) is 10.1. The Morgan fingerprint density at radius 3 is 2.71 bits per heavy atom. The van der Waals surface area contributed by atoms with E-state index in [9.17, 15) is 14.4 Å². The molecule has 1 aromatic rings. The highest BCUT2D eigenvalue weighted by Crippen LogP contribution is 2.41. The number of likely N-dealkylation sites (N-methyl/N-ethyl adjacent to an activating group) is 1. The van der Waals surface area contributed by atoms with Crippen molar-refractivity contribution in [3.05, 3.63) is 33.8 Å². The van der Waals surface area contributed by atoms with Crippen LogP contribution in [-0.2, 0) is 14.3 Å². The van der Waals surface area contributed by atoms with E-state index in [1.165, 1.54) is 7.05 Å². The molecule has 164 valence electrons. The SMILES string of the molecule is CNC(=O)C(=O)N[C@@H](C)CC1CCC2(CC1)OC(=O)NN=C2c1ccc(C#N)cc1Br. The first-order valence-corrected chi connectivity index (χ1v) is 10.9. The number of carbonyl (C=O) groups is 3. The van der Waals surface area contributed by atoms with E-state index in [0.29, 0.717) is 34.5 Å². The smallest absolute Gasteiger partial charge is 0.428 e. The Bertz CT molecular complexity index is 963. The van der Waals surface area contributed by atoms with Crippen LogP contribution in [0.3, 0.4) is 0 Å². The number of amides is 3. The molecule has 1 heterocycles. The average molecular weight is 490 g/mol. The van der Waals surface area contributed by atoms with Gasteiger partial charge in [-0.25, -0.2) is 10.2 Å². The van der Waals surface area contributed by atoms with Gasteiger partial charge in [0.25, 0.3) is 0 Å². The number of benzene rings is 1. The van der Waals surface area contributed by atoms with Crippen LogP contribution in [0.1, 0.15) is 50.2 Å².